The minimum Gasteiger partial charge on any atom is -0.744 e. The average molecular weight is 555 g/mol. The quantitative estimate of drug-likeness (QED) is 0.0958. The first-order chi connectivity index (χ1) is 17.5. The fraction of sp³-hybridized carbons (Fsp3) is 0.688. The molecule has 0 atom stereocenters. The third kappa shape index (κ3) is 14.4. The first-order valence-electron chi connectivity index (χ1n) is 15.0. The second-order valence-electron chi connectivity index (χ2n) is 10.7. The second-order valence-corrected chi connectivity index (χ2v) is 12.1. The van der Waals surface area contributed by atoms with Crippen molar-refractivity contribution in [3.8, 4) is 0 Å². The zero-order valence-corrected chi connectivity index (χ0v) is 28.1. The van der Waals surface area contributed by atoms with Crippen LogP contribution >= 0.6 is 0 Å². The Labute approximate surface area is 271 Å². The number of rotatable bonds is 21. The minimum atomic E-state index is -4.50. The van der Waals surface area contributed by atoms with Gasteiger partial charge in [-0.2, -0.15) is 0 Å². The number of benzene rings is 2. The fourth-order valence-electron chi connectivity index (χ4n) is 5.37. The summed E-state index contributed by atoms with van der Waals surface area (Å²) in [6.07, 6.45) is 25.0. The van der Waals surface area contributed by atoms with Crippen LogP contribution in [0.1, 0.15) is 141 Å². The van der Waals surface area contributed by atoms with Gasteiger partial charge in [0.15, 0.2) is 0 Å². The van der Waals surface area contributed by atoms with Crippen molar-refractivity contribution in [1.82, 2.24) is 0 Å². The first-order valence-corrected chi connectivity index (χ1v) is 16.4. The van der Waals surface area contributed by atoms with E-state index >= 15 is 0 Å². The van der Waals surface area contributed by atoms with E-state index in [0.717, 1.165) is 43.1 Å². The molecule has 0 radical (unpaired) electrons. The summed E-state index contributed by atoms with van der Waals surface area (Å²) < 4.78 is 36.0. The van der Waals surface area contributed by atoms with Crippen molar-refractivity contribution < 1.29 is 64.4 Å². The molecule has 204 valence electrons. The molecule has 0 aliphatic rings. The van der Waals surface area contributed by atoms with Crippen molar-refractivity contribution in [2.45, 2.75) is 147 Å². The van der Waals surface area contributed by atoms with E-state index in [1.165, 1.54) is 108 Å². The Morgan fingerprint density at radius 3 is 1.57 bits per heavy atom. The van der Waals surface area contributed by atoms with E-state index in [2.05, 4.69) is 26.0 Å². The Hall–Kier alpha value is 0.246. The van der Waals surface area contributed by atoms with Crippen LogP contribution in [0.15, 0.2) is 35.2 Å². The van der Waals surface area contributed by atoms with Gasteiger partial charge < -0.3 is 4.55 Å². The molecular formula is C32H51KO3S. The van der Waals surface area contributed by atoms with E-state index in [1.54, 1.807) is 6.07 Å². The van der Waals surface area contributed by atoms with Crippen molar-refractivity contribution in [3.63, 3.8) is 0 Å². The van der Waals surface area contributed by atoms with Crippen molar-refractivity contribution in [1.29, 1.82) is 0 Å². The molecule has 0 aliphatic heterocycles. The van der Waals surface area contributed by atoms with Gasteiger partial charge in [0.25, 0.3) is 0 Å². The first kappa shape index (κ1) is 35.3. The molecule has 0 heterocycles. The SMILES string of the molecule is CCCCCCCCCCCc1cc(CCCCCCCCCCC)c2c(S(=O)(=O)[O-])cccc2c1.[K+]. The van der Waals surface area contributed by atoms with Crippen LogP contribution in [0.5, 0.6) is 0 Å². The average Bonchev–Trinajstić information content (AvgIpc) is 2.85. The Bertz CT molecular complexity index is 971. The smallest absolute Gasteiger partial charge is 0.744 e. The molecule has 0 saturated carbocycles. The van der Waals surface area contributed by atoms with Crippen LogP contribution in [0.2, 0.25) is 0 Å². The van der Waals surface area contributed by atoms with Gasteiger partial charge in [-0.3, -0.25) is 0 Å². The van der Waals surface area contributed by atoms with Crippen LogP contribution in [-0.2, 0) is 23.0 Å². The maximum absolute atomic E-state index is 12.0. The van der Waals surface area contributed by atoms with Crippen molar-refractivity contribution in [2.24, 2.45) is 0 Å². The standard InChI is InChI=1S/C32H52O3S.K/c1-3-5-7-9-11-13-15-17-19-22-28-26-29(23-20-18-16-14-12-10-8-6-4-2)32-30(27-28)24-21-25-31(32)36(33,34)35;/h21,24-27H,3-20,22-23H2,1-2H3,(H,33,34,35);/q;+1/p-1. The predicted octanol–water partition coefficient (Wildman–Crippen LogP) is 6.89. The Morgan fingerprint density at radius 2 is 1.08 bits per heavy atom. The molecule has 0 fully saturated rings. The predicted molar refractivity (Wildman–Crippen MR) is 154 cm³/mol. The van der Waals surface area contributed by atoms with Crippen LogP contribution in [0.3, 0.4) is 0 Å². The molecule has 0 saturated heterocycles. The van der Waals surface area contributed by atoms with Gasteiger partial charge in [-0.25, -0.2) is 8.42 Å². The number of hydrogen-bond acceptors (Lipinski definition) is 3. The van der Waals surface area contributed by atoms with E-state index in [9.17, 15) is 13.0 Å². The summed E-state index contributed by atoms with van der Waals surface area (Å²) in [5, 5.41) is 1.55. The third-order valence-corrected chi connectivity index (χ3v) is 8.35. The Kier molecular flexibility index (Phi) is 20.1. The molecule has 0 amide bonds. The van der Waals surface area contributed by atoms with Gasteiger partial charge in [-0.05, 0) is 48.3 Å². The summed E-state index contributed by atoms with van der Waals surface area (Å²) in [7, 11) is -4.50. The van der Waals surface area contributed by atoms with E-state index < -0.39 is 10.1 Å². The third-order valence-electron chi connectivity index (χ3n) is 7.47. The largest absolute Gasteiger partial charge is 1.00 e. The number of unbranched alkanes of at least 4 members (excludes halogenated alkanes) is 16. The van der Waals surface area contributed by atoms with Crippen LogP contribution < -0.4 is 51.4 Å². The zero-order valence-electron chi connectivity index (χ0n) is 24.2. The summed E-state index contributed by atoms with van der Waals surface area (Å²) >= 11 is 0. The molecule has 0 unspecified atom stereocenters. The number of aryl methyl sites for hydroxylation is 2. The molecule has 0 bridgehead atoms. The molecule has 3 nitrogen and oxygen atoms in total. The van der Waals surface area contributed by atoms with E-state index in [1.807, 2.05) is 6.07 Å². The number of fused-ring (bicyclic) bond motifs is 1. The Morgan fingerprint density at radius 1 is 0.622 bits per heavy atom. The van der Waals surface area contributed by atoms with E-state index in [0.29, 0.717) is 5.39 Å². The van der Waals surface area contributed by atoms with Gasteiger partial charge >= 0.3 is 51.4 Å². The maximum Gasteiger partial charge on any atom is 1.00 e. The summed E-state index contributed by atoms with van der Waals surface area (Å²) in [5.74, 6) is 0. The molecule has 2 aromatic carbocycles. The summed E-state index contributed by atoms with van der Waals surface area (Å²) in [4.78, 5) is -0.0550. The van der Waals surface area contributed by atoms with E-state index in [4.69, 9.17) is 0 Å². The monoisotopic (exact) mass is 554 g/mol. The van der Waals surface area contributed by atoms with Crippen LogP contribution in [0.25, 0.3) is 10.8 Å². The van der Waals surface area contributed by atoms with Crippen LogP contribution in [0.4, 0.5) is 0 Å². The molecule has 37 heavy (non-hydrogen) atoms. The van der Waals surface area contributed by atoms with E-state index in [-0.39, 0.29) is 56.3 Å². The molecule has 0 aromatic heterocycles. The van der Waals surface area contributed by atoms with Gasteiger partial charge in [-0.1, -0.05) is 141 Å². The van der Waals surface area contributed by atoms with Crippen molar-refractivity contribution in [3.05, 3.63) is 41.5 Å². The van der Waals surface area contributed by atoms with Crippen LogP contribution in [-0.4, -0.2) is 13.0 Å². The van der Waals surface area contributed by atoms with Gasteiger partial charge in [0, 0.05) is 5.39 Å². The fourth-order valence-corrected chi connectivity index (χ4v) is 6.11. The molecular weight excluding hydrogens is 504 g/mol. The van der Waals surface area contributed by atoms with Gasteiger partial charge in [-0.15, -0.1) is 0 Å². The van der Waals surface area contributed by atoms with Gasteiger partial charge in [0.2, 0.25) is 0 Å². The normalized spacial score (nSPS) is 11.6. The summed E-state index contributed by atoms with van der Waals surface area (Å²) in [6.45, 7) is 4.51. The molecule has 2 aromatic rings. The van der Waals surface area contributed by atoms with Gasteiger partial charge in [0.05, 0.1) is 4.90 Å². The number of hydrogen-bond donors (Lipinski definition) is 0. The minimum absolute atomic E-state index is 0. The summed E-state index contributed by atoms with van der Waals surface area (Å²) in [6, 6.07) is 9.44. The van der Waals surface area contributed by atoms with Gasteiger partial charge in [0.1, 0.15) is 10.1 Å². The molecule has 0 N–H and O–H groups in total. The topological polar surface area (TPSA) is 57.2 Å². The maximum atomic E-state index is 12.0. The zero-order chi connectivity index (χ0) is 26.1. The molecule has 2 rings (SSSR count). The second kappa shape index (κ2) is 21.1. The molecule has 0 spiro atoms. The van der Waals surface area contributed by atoms with Crippen molar-refractivity contribution >= 4 is 20.9 Å². The van der Waals surface area contributed by atoms with Crippen molar-refractivity contribution in [2.75, 3.05) is 0 Å². The van der Waals surface area contributed by atoms with Crippen LogP contribution in [0, 0.1) is 0 Å². The summed E-state index contributed by atoms with van der Waals surface area (Å²) in [5.41, 5.74) is 2.31. The molecule has 5 heteroatoms. The molecule has 0 aliphatic carbocycles. The Balaban J connectivity index is 0.00000684.